The predicted octanol–water partition coefficient (Wildman–Crippen LogP) is 5.34. The first kappa shape index (κ1) is 16.4. The van der Waals surface area contributed by atoms with Crippen LogP contribution in [0.5, 0.6) is 0 Å². The van der Waals surface area contributed by atoms with Crippen molar-refractivity contribution in [3.8, 4) is 0 Å². The first-order chi connectivity index (χ1) is 12.1. The average Bonchev–Trinajstić information content (AvgIpc) is 3.23. The van der Waals surface area contributed by atoms with Crippen LogP contribution < -0.4 is 10.6 Å². The zero-order valence-electron chi connectivity index (χ0n) is 14.4. The second-order valence-electron chi connectivity index (χ2n) is 7.13. The predicted molar refractivity (Wildman–Crippen MR) is 104 cm³/mol. The summed E-state index contributed by atoms with van der Waals surface area (Å²) in [5.74, 6) is 3.62. The van der Waals surface area contributed by atoms with Gasteiger partial charge in [-0.05, 0) is 12.8 Å². The number of hydrogen-bond acceptors (Lipinski definition) is 2. The first-order valence-corrected chi connectivity index (χ1v) is 10.7. The van der Waals surface area contributed by atoms with Gasteiger partial charge in [-0.1, -0.05) is 80.1 Å². The van der Waals surface area contributed by atoms with Gasteiger partial charge in [-0.3, -0.25) is 0 Å². The molecular weight excluding hydrogens is 327 g/mol. The molecule has 0 aromatic heterocycles. The van der Waals surface area contributed by atoms with Crippen LogP contribution >= 0.6 is 7.14 Å². The molecule has 2 nitrogen and oxygen atoms in total. The van der Waals surface area contributed by atoms with Crippen LogP contribution in [-0.4, -0.2) is 0 Å². The van der Waals surface area contributed by atoms with Crippen LogP contribution in [0.3, 0.4) is 0 Å². The molecule has 1 saturated heterocycles. The third-order valence-corrected chi connectivity index (χ3v) is 8.18. The molecule has 1 heterocycles. The molecule has 1 saturated carbocycles. The van der Waals surface area contributed by atoms with Crippen LogP contribution in [0.2, 0.25) is 0 Å². The second-order valence-corrected chi connectivity index (χ2v) is 9.73. The van der Waals surface area contributed by atoms with Gasteiger partial charge in [0.2, 0.25) is 0 Å². The lowest BCUT2D eigenvalue weighted by molar-refractivity contribution is 0.283. The van der Waals surface area contributed by atoms with Crippen molar-refractivity contribution in [1.29, 1.82) is 0 Å². The van der Waals surface area contributed by atoms with Gasteiger partial charge in [-0.2, -0.15) is 0 Å². The molecule has 2 fully saturated rings. The highest BCUT2D eigenvalue weighted by molar-refractivity contribution is 7.81. The average molecular weight is 350 g/mol. The van der Waals surface area contributed by atoms with E-state index in [4.69, 9.17) is 4.74 Å². The molecule has 128 valence electrons. The second kappa shape index (κ2) is 6.35. The number of benzene rings is 2. The summed E-state index contributed by atoms with van der Waals surface area (Å²) in [6.45, 7) is 4.05. The highest BCUT2D eigenvalue weighted by atomic mass is 31.2. The third kappa shape index (κ3) is 2.89. The van der Waals surface area contributed by atoms with Gasteiger partial charge in [0.1, 0.15) is 5.76 Å². The van der Waals surface area contributed by atoms with Gasteiger partial charge in [-0.25, -0.2) is 0 Å². The molecular formula is C22H23O2P. The monoisotopic (exact) mass is 350 g/mol. The van der Waals surface area contributed by atoms with Crippen molar-refractivity contribution in [3.63, 3.8) is 0 Å². The number of hydrogen-bond donors (Lipinski definition) is 0. The molecule has 0 atom stereocenters. The lowest BCUT2D eigenvalue weighted by Crippen LogP contribution is -2.18. The molecule has 2 aromatic rings. The van der Waals surface area contributed by atoms with Crippen LogP contribution in [0, 0.1) is 5.41 Å². The lowest BCUT2D eigenvalue weighted by atomic mass is 9.83. The maximum atomic E-state index is 14.2. The van der Waals surface area contributed by atoms with Crippen LogP contribution in [0.15, 0.2) is 84.6 Å². The Labute approximate surface area is 149 Å². The van der Waals surface area contributed by atoms with E-state index in [1.807, 2.05) is 66.5 Å². The largest absolute Gasteiger partial charge is 0.466 e. The molecule has 0 bridgehead atoms. The Kier molecular flexibility index (Phi) is 4.17. The molecule has 0 amide bonds. The molecule has 2 aromatic carbocycles. The zero-order valence-corrected chi connectivity index (χ0v) is 15.3. The lowest BCUT2D eigenvalue weighted by Gasteiger charge is -2.24. The van der Waals surface area contributed by atoms with Gasteiger partial charge in [0, 0.05) is 28.3 Å². The third-order valence-electron chi connectivity index (χ3n) is 5.45. The van der Waals surface area contributed by atoms with E-state index >= 15 is 0 Å². The fourth-order valence-electron chi connectivity index (χ4n) is 4.16. The maximum Gasteiger partial charge on any atom is 0.167 e. The molecule has 0 unspecified atom stereocenters. The molecule has 0 N–H and O–H groups in total. The molecule has 0 radical (unpaired) electrons. The molecule has 1 aliphatic carbocycles. The summed E-state index contributed by atoms with van der Waals surface area (Å²) in [6.07, 6.45) is 5.47. The van der Waals surface area contributed by atoms with Gasteiger partial charge < -0.3 is 9.30 Å². The maximum absolute atomic E-state index is 14.2. The minimum absolute atomic E-state index is 0.0102. The van der Waals surface area contributed by atoms with E-state index in [0.717, 1.165) is 41.4 Å². The Morgan fingerprint density at radius 1 is 0.920 bits per heavy atom. The summed E-state index contributed by atoms with van der Waals surface area (Å²) in [4.78, 5) is 0. The molecule has 1 spiro atoms. The quantitative estimate of drug-likeness (QED) is 0.699. The van der Waals surface area contributed by atoms with Crippen LogP contribution in [-0.2, 0) is 9.30 Å². The van der Waals surface area contributed by atoms with Crippen LogP contribution in [0.1, 0.15) is 32.1 Å². The standard InChI is InChI=1S/C22H23O2P/c1-18-16-22(14-8-9-15-22)21(24-18)17-25(23,19-10-4-2-5-11-19)20-12-6-3-7-13-20/h2-7,10-13,17H,1,8-9,14-16H2/b21-17-. The molecule has 2 aliphatic rings. The molecule has 25 heavy (non-hydrogen) atoms. The Bertz CT molecular complexity index is 803. The van der Waals surface area contributed by atoms with E-state index in [9.17, 15) is 4.57 Å². The van der Waals surface area contributed by atoms with Crippen molar-refractivity contribution >= 4 is 17.8 Å². The SMILES string of the molecule is C=C1CC2(CCCC2)/C(=C/P(=O)(c2ccccc2)c2ccccc2)O1. The highest BCUT2D eigenvalue weighted by Crippen LogP contribution is 2.58. The van der Waals surface area contributed by atoms with E-state index in [2.05, 4.69) is 6.58 Å². The van der Waals surface area contributed by atoms with Crippen molar-refractivity contribution in [1.82, 2.24) is 0 Å². The van der Waals surface area contributed by atoms with Gasteiger partial charge in [0.25, 0.3) is 0 Å². The highest BCUT2D eigenvalue weighted by Gasteiger charge is 2.46. The van der Waals surface area contributed by atoms with Crippen molar-refractivity contribution in [2.45, 2.75) is 32.1 Å². The first-order valence-electron chi connectivity index (χ1n) is 8.92. The zero-order chi connectivity index (χ0) is 17.3. The molecule has 3 heteroatoms. The molecule has 1 aliphatic heterocycles. The fourth-order valence-corrected chi connectivity index (χ4v) is 6.65. The summed E-state index contributed by atoms with van der Waals surface area (Å²) in [5, 5.41) is 1.70. The Balaban J connectivity index is 1.88. The summed E-state index contributed by atoms with van der Waals surface area (Å²) in [7, 11) is -2.91. The van der Waals surface area contributed by atoms with Crippen molar-refractivity contribution in [2.75, 3.05) is 0 Å². The summed E-state index contributed by atoms with van der Waals surface area (Å²) >= 11 is 0. The van der Waals surface area contributed by atoms with Gasteiger partial charge in [0.05, 0.1) is 5.76 Å². The summed E-state index contributed by atoms with van der Waals surface area (Å²) < 4.78 is 20.3. The minimum atomic E-state index is -2.91. The van der Waals surface area contributed by atoms with Crippen LogP contribution in [0.25, 0.3) is 0 Å². The summed E-state index contributed by atoms with van der Waals surface area (Å²) in [6, 6.07) is 19.5. The van der Waals surface area contributed by atoms with E-state index in [-0.39, 0.29) is 5.41 Å². The Hall–Kier alpha value is -2.05. The van der Waals surface area contributed by atoms with E-state index < -0.39 is 7.14 Å². The van der Waals surface area contributed by atoms with Crippen LogP contribution in [0.4, 0.5) is 0 Å². The topological polar surface area (TPSA) is 26.3 Å². The molecule has 4 rings (SSSR count). The number of ether oxygens (including phenoxy) is 1. The number of rotatable bonds is 3. The fraction of sp³-hybridized carbons (Fsp3) is 0.273. The number of allylic oxidation sites excluding steroid dienone is 2. The Morgan fingerprint density at radius 3 is 1.96 bits per heavy atom. The minimum Gasteiger partial charge on any atom is -0.466 e. The van der Waals surface area contributed by atoms with E-state index in [1.165, 1.54) is 12.8 Å². The van der Waals surface area contributed by atoms with Gasteiger partial charge in [-0.15, -0.1) is 0 Å². The van der Waals surface area contributed by atoms with Crippen molar-refractivity contribution in [3.05, 3.63) is 84.6 Å². The van der Waals surface area contributed by atoms with Crippen molar-refractivity contribution in [2.24, 2.45) is 5.41 Å². The smallest absolute Gasteiger partial charge is 0.167 e. The van der Waals surface area contributed by atoms with Crippen molar-refractivity contribution < 1.29 is 9.30 Å². The van der Waals surface area contributed by atoms with Gasteiger partial charge in [0.15, 0.2) is 7.14 Å². The van der Waals surface area contributed by atoms with E-state index in [0.29, 0.717) is 0 Å². The van der Waals surface area contributed by atoms with Gasteiger partial charge >= 0.3 is 0 Å². The Morgan fingerprint density at radius 2 is 1.44 bits per heavy atom. The van der Waals surface area contributed by atoms with E-state index in [1.54, 1.807) is 0 Å². The normalized spacial score (nSPS) is 21.0. The summed E-state index contributed by atoms with van der Waals surface area (Å²) in [5.41, 5.74) is 0.0102.